The Labute approximate surface area is 353 Å². The molecule has 1 amide bonds. The second kappa shape index (κ2) is 38.8. The van der Waals surface area contributed by atoms with Crippen molar-refractivity contribution in [3.05, 3.63) is 72.9 Å². The Balaban J connectivity index is 2.40. The van der Waals surface area contributed by atoms with Crippen molar-refractivity contribution < 1.29 is 39.8 Å². The van der Waals surface area contributed by atoms with Crippen molar-refractivity contribution in [2.24, 2.45) is 0 Å². The highest BCUT2D eigenvalue weighted by molar-refractivity contribution is 5.76. The summed E-state index contributed by atoms with van der Waals surface area (Å²) in [5.41, 5.74) is 0. The number of aliphatic hydroxyl groups excluding tert-OH is 5. The molecule has 1 aliphatic heterocycles. The van der Waals surface area contributed by atoms with Crippen LogP contribution in [-0.2, 0) is 14.3 Å². The zero-order chi connectivity index (χ0) is 42.3. The monoisotopic (exact) mass is 816 g/mol. The van der Waals surface area contributed by atoms with Crippen molar-refractivity contribution in [2.75, 3.05) is 13.2 Å². The summed E-state index contributed by atoms with van der Waals surface area (Å²) in [6.07, 6.45) is 45.3. The van der Waals surface area contributed by atoms with Gasteiger partial charge in [0.25, 0.3) is 0 Å². The van der Waals surface area contributed by atoms with Crippen LogP contribution in [0.15, 0.2) is 72.9 Å². The normalized spacial score (nSPS) is 21.5. The van der Waals surface area contributed by atoms with E-state index in [9.17, 15) is 30.3 Å². The number of rotatable bonds is 37. The van der Waals surface area contributed by atoms with Gasteiger partial charge in [-0.3, -0.25) is 4.79 Å². The van der Waals surface area contributed by atoms with Crippen LogP contribution in [-0.4, -0.2) is 87.5 Å². The van der Waals surface area contributed by atoms with Crippen LogP contribution < -0.4 is 5.32 Å². The molecule has 7 atom stereocenters. The van der Waals surface area contributed by atoms with Crippen LogP contribution in [0.5, 0.6) is 0 Å². The minimum atomic E-state index is -1.58. The highest BCUT2D eigenvalue weighted by Crippen LogP contribution is 2.22. The molecule has 9 heteroatoms. The van der Waals surface area contributed by atoms with Crippen LogP contribution >= 0.6 is 0 Å². The Hall–Kier alpha value is -2.37. The van der Waals surface area contributed by atoms with E-state index in [1.165, 1.54) is 77.0 Å². The van der Waals surface area contributed by atoms with Crippen LogP contribution in [0.4, 0.5) is 0 Å². The number of carbonyl (C=O) groups excluding carboxylic acids is 1. The SMILES string of the molecule is CC/C=C\C/C=C\C/C=C\CCCCCC(=O)NC(COC1OC(CO)C(O)C(O)C1O)C(O)/C=C/CC/C=C/CC/C=C/CCCCCCCCCCCCCC. The highest BCUT2D eigenvalue weighted by Gasteiger charge is 2.44. The van der Waals surface area contributed by atoms with Crippen molar-refractivity contribution in [1.82, 2.24) is 5.32 Å². The molecule has 9 nitrogen and oxygen atoms in total. The molecule has 1 heterocycles. The predicted octanol–water partition coefficient (Wildman–Crippen LogP) is 9.78. The Kier molecular flexibility index (Phi) is 35.9. The molecule has 0 aromatic heterocycles. The smallest absolute Gasteiger partial charge is 0.220 e. The number of unbranched alkanes of at least 4 members (excludes halogenated alkanes) is 17. The maximum Gasteiger partial charge on any atom is 0.220 e. The predicted molar refractivity (Wildman–Crippen MR) is 239 cm³/mol. The maximum atomic E-state index is 12.9. The molecule has 7 unspecified atom stereocenters. The second-order valence-corrected chi connectivity index (χ2v) is 15.8. The Morgan fingerprint density at radius 1 is 0.603 bits per heavy atom. The van der Waals surface area contributed by atoms with Crippen LogP contribution in [0.1, 0.15) is 174 Å². The Morgan fingerprint density at radius 2 is 1.09 bits per heavy atom. The van der Waals surface area contributed by atoms with Crippen LogP contribution in [0, 0.1) is 0 Å². The molecule has 58 heavy (non-hydrogen) atoms. The number of hydrogen-bond donors (Lipinski definition) is 6. The minimum Gasteiger partial charge on any atom is -0.394 e. The lowest BCUT2D eigenvalue weighted by Gasteiger charge is -2.40. The van der Waals surface area contributed by atoms with Gasteiger partial charge in [0.15, 0.2) is 6.29 Å². The van der Waals surface area contributed by atoms with Gasteiger partial charge in [0.2, 0.25) is 5.91 Å². The summed E-state index contributed by atoms with van der Waals surface area (Å²) in [5.74, 6) is -0.223. The molecular formula is C49H85NO8. The minimum absolute atomic E-state index is 0.221. The number of amides is 1. The summed E-state index contributed by atoms with van der Waals surface area (Å²) < 4.78 is 11.2. The standard InChI is InChI=1S/C49H85NO8/c1-3-5-7-9-11-13-15-17-18-19-20-21-22-23-24-25-27-28-30-32-34-36-38-43(52)42(41-57-49-48(56)47(55)46(54)44(40-51)58-49)50-45(53)39-37-35-33-31-29-26-16-14-12-10-8-6-4-2/h6,8,12,14,23-24,26,28-30,36,38,42-44,46-49,51-52,54-56H,3-5,7,9-11,13,15-22,25,27,31-35,37,39-41H2,1-2H3,(H,50,53)/b8-6-,14-12-,24-23+,29-26-,30-28+,38-36+. The second-order valence-electron chi connectivity index (χ2n) is 15.8. The van der Waals surface area contributed by atoms with Gasteiger partial charge in [-0.2, -0.15) is 0 Å². The number of aliphatic hydroxyl groups is 5. The van der Waals surface area contributed by atoms with Crippen molar-refractivity contribution in [3.63, 3.8) is 0 Å². The van der Waals surface area contributed by atoms with Crippen molar-refractivity contribution in [3.8, 4) is 0 Å². The van der Waals surface area contributed by atoms with Crippen LogP contribution in [0.3, 0.4) is 0 Å². The maximum absolute atomic E-state index is 12.9. The Bertz CT molecular complexity index is 1130. The van der Waals surface area contributed by atoms with E-state index < -0.39 is 49.5 Å². The van der Waals surface area contributed by atoms with Crippen molar-refractivity contribution in [1.29, 1.82) is 0 Å². The highest BCUT2D eigenvalue weighted by atomic mass is 16.7. The third kappa shape index (κ3) is 29.0. The van der Waals surface area contributed by atoms with E-state index in [1.54, 1.807) is 6.08 Å². The molecule has 1 aliphatic rings. The van der Waals surface area contributed by atoms with E-state index in [4.69, 9.17) is 9.47 Å². The van der Waals surface area contributed by atoms with E-state index in [2.05, 4.69) is 79.9 Å². The first kappa shape index (κ1) is 53.6. The van der Waals surface area contributed by atoms with Gasteiger partial charge in [-0.15, -0.1) is 0 Å². The van der Waals surface area contributed by atoms with Gasteiger partial charge in [0.1, 0.15) is 24.4 Å². The molecule has 6 N–H and O–H groups in total. The number of nitrogens with one attached hydrogen (secondary N) is 1. The van der Waals surface area contributed by atoms with E-state index >= 15 is 0 Å². The molecule has 0 aromatic carbocycles. The van der Waals surface area contributed by atoms with Crippen LogP contribution in [0.2, 0.25) is 0 Å². The summed E-state index contributed by atoms with van der Waals surface area (Å²) in [6.45, 7) is 3.60. The molecule has 1 fully saturated rings. The summed E-state index contributed by atoms with van der Waals surface area (Å²) in [4.78, 5) is 12.9. The first-order chi connectivity index (χ1) is 28.3. The summed E-state index contributed by atoms with van der Waals surface area (Å²) >= 11 is 0. The molecule has 0 aliphatic carbocycles. The quantitative estimate of drug-likeness (QED) is 0.0268. The third-order valence-electron chi connectivity index (χ3n) is 10.5. The summed E-state index contributed by atoms with van der Waals surface area (Å²) in [6, 6.07) is -0.846. The Morgan fingerprint density at radius 3 is 1.66 bits per heavy atom. The van der Waals surface area contributed by atoms with Crippen LogP contribution in [0.25, 0.3) is 0 Å². The zero-order valence-corrected chi connectivity index (χ0v) is 36.5. The molecule has 0 spiro atoms. The fraction of sp³-hybridized carbons (Fsp3) is 0.735. The van der Waals surface area contributed by atoms with Gasteiger partial charge in [-0.25, -0.2) is 0 Å². The molecule has 0 saturated carbocycles. The lowest BCUT2D eigenvalue weighted by atomic mass is 9.99. The number of carbonyl (C=O) groups is 1. The number of hydrogen-bond acceptors (Lipinski definition) is 8. The average molecular weight is 816 g/mol. The van der Waals surface area contributed by atoms with Crippen molar-refractivity contribution >= 4 is 5.91 Å². The average Bonchev–Trinajstić information content (AvgIpc) is 3.22. The van der Waals surface area contributed by atoms with E-state index in [-0.39, 0.29) is 12.5 Å². The molecule has 1 rings (SSSR count). The van der Waals surface area contributed by atoms with Gasteiger partial charge >= 0.3 is 0 Å². The third-order valence-corrected chi connectivity index (χ3v) is 10.5. The zero-order valence-electron chi connectivity index (χ0n) is 36.5. The van der Waals surface area contributed by atoms with Gasteiger partial charge in [-0.1, -0.05) is 164 Å². The first-order valence-electron chi connectivity index (χ1n) is 23.2. The van der Waals surface area contributed by atoms with E-state index in [0.717, 1.165) is 70.6 Å². The molecule has 334 valence electrons. The van der Waals surface area contributed by atoms with Gasteiger partial charge < -0.3 is 40.3 Å². The first-order valence-corrected chi connectivity index (χ1v) is 23.2. The number of ether oxygens (including phenoxy) is 2. The van der Waals surface area contributed by atoms with E-state index in [0.29, 0.717) is 12.8 Å². The van der Waals surface area contributed by atoms with Gasteiger partial charge in [-0.05, 0) is 77.0 Å². The van der Waals surface area contributed by atoms with E-state index in [1.807, 2.05) is 6.08 Å². The lowest BCUT2D eigenvalue weighted by Crippen LogP contribution is -2.60. The topological polar surface area (TPSA) is 149 Å². The fourth-order valence-corrected chi connectivity index (χ4v) is 6.79. The molecule has 0 bridgehead atoms. The molecule has 1 saturated heterocycles. The van der Waals surface area contributed by atoms with Gasteiger partial charge in [0, 0.05) is 6.42 Å². The lowest BCUT2D eigenvalue weighted by molar-refractivity contribution is -0.302. The molecule has 0 aromatic rings. The molecule has 0 radical (unpaired) electrons. The van der Waals surface area contributed by atoms with Gasteiger partial charge in [0.05, 0.1) is 25.4 Å². The summed E-state index contributed by atoms with van der Waals surface area (Å²) in [5, 5.41) is 54.1. The largest absolute Gasteiger partial charge is 0.394 e. The summed E-state index contributed by atoms with van der Waals surface area (Å²) in [7, 11) is 0. The number of allylic oxidation sites excluding steroid dienone is 11. The molecular weight excluding hydrogens is 731 g/mol. The fourth-order valence-electron chi connectivity index (χ4n) is 6.79. The van der Waals surface area contributed by atoms with Crippen molar-refractivity contribution in [2.45, 2.75) is 217 Å².